The third-order valence-electron chi connectivity index (χ3n) is 3.18. The lowest BCUT2D eigenvalue weighted by Gasteiger charge is -2.00. The molecule has 0 radical (unpaired) electrons. The van der Waals surface area contributed by atoms with E-state index in [1.54, 1.807) is 6.07 Å². The quantitative estimate of drug-likeness (QED) is 0.733. The predicted octanol–water partition coefficient (Wildman–Crippen LogP) is 2.03. The molecule has 0 bridgehead atoms. The highest BCUT2D eigenvalue weighted by molar-refractivity contribution is 5.39. The lowest BCUT2D eigenvalue weighted by molar-refractivity contribution is 0.449. The summed E-state index contributed by atoms with van der Waals surface area (Å²) < 4.78 is 0. The maximum absolute atomic E-state index is 9.41. The fourth-order valence-corrected chi connectivity index (χ4v) is 1.94. The second kappa shape index (κ2) is 2.98. The van der Waals surface area contributed by atoms with Crippen molar-refractivity contribution in [2.45, 2.75) is 19.8 Å². The average molecular weight is 188 g/mol. The molecule has 1 aliphatic rings. The summed E-state index contributed by atoms with van der Waals surface area (Å²) in [4.78, 5) is 4.04. The van der Waals surface area contributed by atoms with Gasteiger partial charge in [0.2, 0.25) is 5.88 Å². The van der Waals surface area contributed by atoms with Crippen LogP contribution in [-0.2, 0) is 0 Å². The summed E-state index contributed by atoms with van der Waals surface area (Å²) in [5, 5.41) is 18.0. The lowest BCUT2D eigenvalue weighted by Crippen LogP contribution is -1.90. The van der Waals surface area contributed by atoms with Gasteiger partial charge in [-0.2, -0.15) is 5.26 Å². The molecule has 0 aromatic carbocycles. The van der Waals surface area contributed by atoms with Crippen LogP contribution in [0, 0.1) is 23.2 Å². The molecule has 1 aliphatic carbocycles. The number of pyridine rings is 1. The standard InChI is InChI=1S/C11H12N2O/c1-6-7(2)10(6)9-4-3-8(5-12)11(14)13-9/h3-4,6-7,10H,1-2H3,(H,13,14)/t6-,7+,10?. The molecule has 0 aliphatic heterocycles. The summed E-state index contributed by atoms with van der Waals surface area (Å²) >= 11 is 0. The Kier molecular flexibility index (Phi) is 1.92. The minimum absolute atomic E-state index is 0.142. The number of aromatic nitrogens is 1. The normalized spacial score (nSPS) is 29.6. The number of hydrogen-bond acceptors (Lipinski definition) is 3. The minimum atomic E-state index is -0.142. The summed E-state index contributed by atoms with van der Waals surface area (Å²) in [6.45, 7) is 4.35. The van der Waals surface area contributed by atoms with Crippen molar-refractivity contribution in [3.05, 3.63) is 23.4 Å². The zero-order valence-electron chi connectivity index (χ0n) is 8.23. The highest BCUT2D eigenvalue weighted by atomic mass is 16.3. The van der Waals surface area contributed by atoms with Gasteiger partial charge in [0.25, 0.3) is 0 Å². The monoisotopic (exact) mass is 188 g/mol. The van der Waals surface area contributed by atoms with Gasteiger partial charge < -0.3 is 5.11 Å². The molecular formula is C11H12N2O. The highest BCUT2D eigenvalue weighted by Gasteiger charge is 2.44. The number of nitrogens with zero attached hydrogens (tertiary/aromatic N) is 2. The summed E-state index contributed by atoms with van der Waals surface area (Å²) in [7, 11) is 0. The molecule has 1 fully saturated rings. The van der Waals surface area contributed by atoms with E-state index >= 15 is 0 Å². The van der Waals surface area contributed by atoms with Crippen molar-refractivity contribution in [1.29, 1.82) is 5.26 Å². The molecule has 2 rings (SSSR count). The number of rotatable bonds is 1. The Balaban J connectivity index is 2.31. The van der Waals surface area contributed by atoms with Gasteiger partial charge in [-0.1, -0.05) is 13.8 Å². The Morgan fingerprint density at radius 3 is 2.43 bits per heavy atom. The molecule has 3 nitrogen and oxygen atoms in total. The van der Waals surface area contributed by atoms with Crippen LogP contribution in [-0.4, -0.2) is 10.1 Å². The predicted molar refractivity (Wildman–Crippen MR) is 51.7 cm³/mol. The fraction of sp³-hybridized carbons (Fsp3) is 0.455. The van der Waals surface area contributed by atoms with E-state index in [1.165, 1.54) is 0 Å². The molecule has 1 N–H and O–H groups in total. The lowest BCUT2D eigenvalue weighted by atomic mass is 10.2. The molecule has 1 unspecified atom stereocenters. The Bertz CT molecular complexity index is 400. The van der Waals surface area contributed by atoms with E-state index < -0.39 is 0 Å². The van der Waals surface area contributed by atoms with Crippen molar-refractivity contribution in [2.24, 2.45) is 11.8 Å². The van der Waals surface area contributed by atoms with Crippen LogP contribution in [0.15, 0.2) is 12.1 Å². The van der Waals surface area contributed by atoms with E-state index in [1.807, 2.05) is 12.1 Å². The first kappa shape index (κ1) is 9.01. The molecule has 14 heavy (non-hydrogen) atoms. The van der Waals surface area contributed by atoms with Crippen LogP contribution in [0.3, 0.4) is 0 Å². The van der Waals surface area contributed by atoms with Gasteiger partial charge in [-0.05, 0) is 24.0 Å². The van der Waals surface area contributed by atoms with Crippen molar-refractivity contribution in [3.63, 3.8) is 0 Å². The first-order valence-electron chi connectivity index (χ1n) is 4.75. The largest absolute Gasteiger partial charge is 0.492 e. The number of aromatic hydroxyl groups is 1. The van der Waals surface area contributed by atoms with Crippen molar-refractivity contribution in [3.8, 4) is 11.9 Å². The third kappa shape index (κ3) is 1.24. The van der Waals surface area contributed by atoms with Gasteiger partial charge in [0.05, 0.1) is 0 Å². The molecule has 1 aromatic heterocycles. The van der Waals surface area contributed by atoms with E-state index in [0.717, 1.165) is 5.69 Å². The van der Waals surface area contributed by atoms with Crippen molar-refractivity contribution in [2.75, 3.05) is 0 Å². The second-order valence-electron chi connectivity index (χ2n) is 3.96. The van der Waals surface area contributed by atoms with E-state index in [2.05, 4.69) is 18.8 Å². The first-order chi connectivity index (χ1) is 6.65. The first-order valence-corrected chi connectivity index (χ1v) is 4.75. The van der Waals surface area contributed by atoms with Crippen LogP contribution in [0.2, 0.25) is 0 Å². The van der Waals surface area contributed by atoms with Gasteiger partial charge in [-0.15, -0.1) is 0 Å². The zero-order valence-corrected chi connectivity index (χ0v) is 8.23. The molecule has 0 spiro atoms. The molecule has 0 amide bonds. The van der Waals surface area contributed by atoms with E-state index in [-0.39, 0.29) is 11.4 Å². The van der Waals surface area contributed by atoms with Gasteiger partial charge in [0.15, 0.2) is 0 Å². The van der Waals surface area contributed by atoms with Gasteiger partial charge >= 0.3 is 0 Å². The van der Waals surface area contributed by atoms with Crippen LogP contribution < -0.4 is 0 Å². The summed E-state index contributed by atoms with van der Waals surface area (Å²) in [6.07, 6.45) is 0. The van der Waals surface area contributed by atoms with Gasteiger partial charge in [-0.25, -0.2) is 4.98 Å². The maximum atomic E-state index is 9.41. The van der Waals surface area contributed by atoms with Gasteiger partial charge in [-0.3, -0.25) is 0 Å². The highest BCUT2D eigenvalue weighted by Crippen LogP contribution is 2.52. The van der Waals surface area contributed by atoms with Crippen LogP contribution >= 0.6 is 0 Å². The fourth-order valence-electron chi connectivity index (χ4n) is 1.94. The minimum Gasteiger partial charge on any atom is -0.492 e. The van der Waals surface area contributed by atoms with Crippen LogP contribution in [0.4, 0.5) is 0 Å². The molecule has 0 saturated heterocycles. The molecule has 3 heteroatoms. The SMILES string of the molecule is C[C@@H]1C(c2ccc(C#N)c(O)n2)[C@@H]1C. The Hall–Kier alpha value is -1.56. The smallest absolute Gasteiger partial charge is 0.229 e. The molecule has 1 saturated carbocycles. The van der Waals surface area contributed by atoms with Gasteiger partial charge in [0, 0.05) is 11.6 Å². The second-order valence-corrected chi connectivity index (χ2v) is 3.96. The van der Waals surface area contributed by atoms with Crippen LogP contribution in [0.25, 0.3) is 0 Å². The van der Waals surface area contributed by atoms with Crippen LogP contribution in [0.5, 0.6) is 5.88 Å². The van der Waals surface area contributed by atoms with Crippen molar-refractivity contribution >= 4 is 0 Å². The number of hydrogen-bond donors (Lipinski definition) is 1. The van der Waals surface area contributed by atoms with E-state index in [4.69, 9.17) is 5.26 Å². The zero-order chi connectivity index (χ0) is 10.3. The van der Waals surface area contributed by atoms with Crippen molar-refractivity contribution in [1.82, 2.24) is 4.98 Å². The van der Waals surface area contributed by atoms with E-state index in [0.29, 0.717) is 17.8 Å². The Labute approximate surface area is 83.0 Å². The Morgan fingerprint density at radius 2 is 2.00 bits per heavy atom. The average Bonchev–Trinajstić information content (AvgIpc) is 2.75. The summed E-state index contributed by atoms with van der Waals surface area (Å²) in [6, 6.07) is 5.36. The molecular weight excluding hydrogens is 176 g/mol. The van der Waals surface area contributed by atoms with Gasteiger partial charge in [0.1, 0.15) is 11.6 Å². The molecule has 3 atom stereocenters. The van der Waals surface area contributed by atoms with Crippen molar-refractivity contribution < 1.29 is 5.11 Å². The summed E-state index contributed by atoms with van der Waals surface area (Å²) in [5.41, 5.74) is 1.15. The topological polar surface area (TPSA) is 56.9 Å². The van der Waals surface area contributed by atoms with E-state index in [9.17, 15) is 5.11 Å². The van der Waals surface area contributed by atoms with Crippen LogP contribution in [0.1, 0.15) is 31.0 Å². The molecule has 1 heterocycles. The Morgan fingerprint density at radius 1 is 1.36 bits per heavy atom. The summed E-state index contributed by atoms with van der Waals surface area (Å²) in [5.74, 6) is 1.58. The molecule has 1 aromatic rings. The third-order valence-corrected chi connectivity index (χ3v) is 3.18. The maximum Gasteiger partial charge on any atom is 0.229 e. The molecule has 72 valence electrons. The number of nitriles is 1.